The van der Waals surface area contributed by atoms with Crippen molar-refractivity contribution in [1.82, 2.24) is 4.98 Å². The Morgan fingerprint density at radius 2 is 1.84 bits per heavy atom. The lowest BCUT2D eigenvalue weighted by atomic mass is 9.97. The van der Waals surface area contributed by atoms with Crippen LogP contribution in [0.2, 0.25) is 0 Å². The first-order valence-electron chi connectivity index (χ1n) is 10.3. The van der Waals surface area contributed by atoms with E-state index < -0.39 is 17.7 Å². The van der Waals surface area contributed by atoms with Gasteiger partial charge < -0.3 is 14.7 Å². The van der Waals surface area contributed by atoms with Gasteiger partial charge in [0.05, 0.1) is 23.5 Å². The fourth-order valence-electron chi connectivity index (χ4n) is 4.16. The van der Waals surface area contributed by atoms with Crippen molar-refractivity contribution in [2.75, 3.05) is 30.0 Å². The number of Topliss-reactive ketones (excluding diaryl/α,β-unsaturated/α-hetero) is 1. The van der Waals surface area contributed by atoms with Crippen molar-refractivity contribution >= 4 is 28.8 Å². The Balaban J connectivity index is 1.69. The number of benzene rings is 2. The monoisotopic (exact) mass is 427 g/mol. The van der Waals surface area contributed by atoms with Crippen LogP contribution >= 0.6 is 0 Å². The Kier molecular flexibility index (Phi) is 4.86. The summed E-state index contributed by atoms with van der Waals surface area (Å²) in [5.41, 5.74) is 2.32. The molecule has 0 spiro atoms. The van der Waals surface area contributed by atoms with Crippen molar-refractivity contribution in [3.8, 4) is 5.75 Å². The molecular formula is C25H21N3O4. The van der Waals surface area contributed by atoms with Gasteiger partial charge in [-0.1, -0.05) is 24.3 Å². The number of fused-ring (bicyclic) bond motifs is 1. The fourth-order valence-corrected chi connectivity index (χ4v) is 4.16. The lowest BCUT2D eigenvalue weighted by Crippen LogP contribution is -2.29. The highest BCUT2D eigenvalue weighted by atomic mass is 16.5. The fraction of sp³-hybridized carbons (Fsp3) is 0.160. The van der Waals surface area contributed by atoms with Crippen molar-refractivity contribution < 1.29 is 19.4 Å². The van der Waals surface area contributed by atoms with Gasteiger partial charge >= 0.3 is 0 Å². The quantitative estimate of drug-likeness (QED) is 0.391. The topological polar surface area (TPSA) is 83.0 Å². The van der Waals surface area contributed by atoms with Crippen LogP contribution in [0.1, 0.15) is 17.3 Å². The molecule has 0 bridgehead atoms. The molecule has 2 aromatic carbocycles. The van der Waals surface area contributed by atoms with Crippen LogP contribution in [0.15, 0.2) is 78.5 Å². The molecule has 1 amide bonds. The van der Waals surface area contributed by atoms with E-state index >= 15 is 0 Å². The molecule has 160 valence electrons. The standard InChI is InChI=1S/C25H21N3O4/c1-27-13-14-32-20-11-10-16(15-19(20)27)23(29)21-22(18-9-5-6-12-26-18)28(25(31)24(21)30)17-7-3-2-4-8-17/h2-12,15,22,29H,13-14H2,1H3/b23-21-. The van der Waals surface area contributed by atoms with E-state index in [2.05, 4.69) is 4.98 Å². The molecule has 0 saturated carbocycles. The Hall–Kier alpha value is -4.13. The summed E-state index contributed by atoms with van der Waals surface area (Å²) in [7, 11) is 1.94. The number of likely N-dealkylation sites (N-methyl/N-ethyl adjacent to an activating group) is 1. The lowest BCUT2D eigenvalue weighted by Gasteiger charge is -2.28. The van der Waals surface area contributed by atoms with Crippen molar-refractivity contribution in [2.45, 2.75) is 6.04 Å². The van der Waals surface area contributed by atoms with Gasteiger partial charge in [-0.3, -0.25) is 19.5 Å². The van der Waals surface area contributed by atoms with Crippen LogP contribution in [0, 0.1) is 0 Å². The molecule has 1 unspecified atom stereocenters. The molecule has 1 aromatic heterocycles. The molecule has 32 heavy (non-hydrogen) atoms. The number of carbonyl (C=O) groups excluding carboxylic acids is 2. The van der Waals surface area contributed by atoms with E-state index in [1.54, 1.807) is 66.9 Å². The van der Waals surface area contributed by atoms with E-state index in [0.717, 1.165) is 5.69 Å². The van der Waals surface area contributed by atoms with Crippen LogP contribution < -0.4 is 14.5 Å². The van der Waals surface area contributed by atoms with Crippen LogP contribution in [0.25, 0.3) is 5.76 Å². The number of pyridine rings is 1. The summed E-state index contributed by atoms with van der Waals surface area (Å²) < 4.78 is 5.68. The van der Waals surface area contributed by atoms with E-state index in [0.29, 0.717) is 35.8 Å². The van der Waals surface area contributed by atoms with Crippen molar-refractivity contribution in [3.05, 3.63) is 89.8 Å². The number of amides is 1. The Labute approximate surface area is 185 Å². The molecular weight excluding hydrogens is 406 g/mol. The van der Waals surface area contributed by atoms with Gasteiger partial charge in [-0.2, -0.15) is 0 Å². The summed E-state index contributed by atoms with van der Waals surface area (Å²) in [4.78, 5) is 34.1. The van der Waals surface area contributed by atoms with Crippen LogP contribution in [0.5, 0.6) is 5.75 Å². The maximum Gasteiger partial charge on any atom is 0.300 e. The third-order valence-corrected chi connectivity index (χ3v) is 5.77. The van der Waals surface area contributed by atoms with Crippen LogP contribution in [-0.4, -0.2) is 42.0 Å². The van der Waals surface area contributed by atoms with E-state index in [4.69, 9.17) is 4.74 Å². The first-order valence-corrected chi connectivity index (χ1v) is 10.3. The highest BCUT2D eigenvalue weighted by Gasteiger charge is 2.47. The number of aromatic nitrogens is 1. The smallest absolute Gasteiger partial charge is 0.300 e. The number of ketones is 1. The minimum Gasteiger partial charge on any atom is -0.507 e. The minimum atomic E-state index is -0.844. The zero-order valence-electron chi connectivity index (χ0n) is 17.4. The van der Waals surface area contributed by atoms with Crippen molar-refractivity contribution in [2.24, 2.45) is 0 Å². The average Bonchev–Trinajstić information content (AvgIpc) is 3.10. The van der Waals surface area contributed by atoms with E-state index in [1.165, 1.54) is 4.90 Å². The normalized spacial score (nSPS) is 19.6. The predicted octanol–water partition coefficient (Wildman–Crippen LogP) is 3.54. The second-order valence-electron chi connectivity index (χ2n) is 7.71. The Morgan fingerprint density at radius 3 is 2.59 bits per heavy atom. The largest absolute Gasteiger partial charge is 0.507 e. The summed E-state index contributed by atoms with van der Waals surface area (Å²) >= 11 is 0. The molecule has 2 aliphatic heterocycles. The molecule has 1 fully saturated rings. The number of hydrogen-bond donors (Lipinski definition) is 1. The van der Waals surface area contributed by atoms with E-state index in [1.807, 2.05) is 18.0 Å². The molecule has 1 atom stereocenters. The first kappa shape index (κ1) is 19.8. The molecule has 7 nitrogen and oxygen atoms in total. The average molecular weight is 427 g/mol. The van der Waals surface area contributed by atoms with Gasteiger partial charge in [0.25, 0.3) is 11.7 Å². The summed E-state index contributed by atoms with van der Waals surface area (Å²) in [6, 6.07) is 18.6. The van der Waals surface area contributed by atoms with E-state index in [9.17, 15) is 14.7 Å². The number of nitrogens with zero attached hydrogens (tertiary/aromatic N) is 3. The van der Waals surface area contributed by atoms with Gasteiger partial charge in [-0.15, -0.1) is 0 Å². The number of aliphatic hydroxyl groups excluding tert-OH is 1. The SMILES string of the molecule is CN1CCOc2ccc(/C(O)=C3/C(=O)C(=O)N(c4ccccc4)C3c3ccccn3)cc21. The molecule has 3 aromatic rings. The van der Waals surface area contributed by atoms with E-state index in [-0.39, 0.29) is 11.3 Å². The van der Waals surface area contributed by atoms with Gasteiger partial charge in [0.2, 0.25) is 0 Å². The third-order valence-electron chi connectivity index (χ3n) is 5.77. The molecule has 1 N–H and O–H groups in total. The first-order chi connectivity index (χ1) is 15.6. The van der Waals surface area contributed by atoms with Crippen LogP contribution in [0.3, 0.4) is 0 Å². The lowest BCUT2D eigenvalue weighted by molar-refractivity contribution is -0.132. The van der Waals surface area contributed by atoms with Gasteiger partial charge in [0, 0.05) is 24.5 Å². The van der Waals surface area contributed by atoms with Gasteiger partial charge in [-0.05, 0) is 42.5 Å². The summed E-state index contributed by atoms with van der Waals surface area (Å²) in [6.07, 6.45) is 1.60. The summed E-state index contributed by atoms with van der Waals surface area (Å²) in [5, 5.41) is 11.3. The number of carbonyl (C=O) groups is 2. The molecule has 7 heteroatoms. The number of para-hydroxylation sites is 1. The second-order valence-corrected chi connectivity index (χ2v) is 7.71. The third kappa shape index (κ3) is 3.19. The number of aliphatic hydroxyl groups is 1. The summed E-state index contributed by atoms with van der Waals surface area (Å²) in [6.45, 7) is 1.29. The molecule has 3 heterocycles. The van der Waals surface area contributed by atoms with Gasteiger partial charge in [0.15, 0.2) is 0 Å². The molecule has 2 aliphatic rings. The van der Waals surface area contributed by atoms with Gasteiger partial charge in [0.1, 0.15) is 24.2 Å². The Morgan fingerprint density at radius 1 is 1.06 bits per heavy atom. The number of ether oxygens (including phenoxy) is 1. The van der Waals surface area contributed by atoms with Crippen molar-refractivity contribution in [1.29, 1.82) is 0 Å². The number of anilines is 2. The van der Waals surface area contributed by atoms with Crippen LogP contribution in [-0.2, 0) is 9.59 Å². The number of hydrogen-bond acceptors (Lipinski definition) is 6. The molecule has 0 aliphatic carbocycles. The maximum atomic E-state index is 13.2. The predicted molar refractivity (Wildman–Crippen MR) is 121 cm³/mol. The highest BCUT2D eigenvalue weighted by molar-refractivity contribution is 6.51. The van der Waals surface area contributed by atoms with Gasteiger partial charge in [-0.25, -0.2) is 0 Å². The number of rotatable bonds is 3. The molecule has 5 rings (SSSR count). The zero-order chi connectivity index (χ0) is 22.2. The molecule has 1 saturated heterocycles. The molecule has 0 radical (unpaired) electrons. The second kappa shape index (κ2) is 7.85. The van der Waals surface area contributed by atoms with Crippen molar-refractivity contribution in [3.63, 3.8) is 0 Å². The van der Waals surface area contributed by atoms with Crippen LogP contribution in [0.4, 0.5) is 11.4 Å². The zero-order valence-corrected chi connectivity index (χ0v) is 17.4. The highest BCUT2D eigenvalue weighted by Crippen LogP contribution is 2.42. The minimum absolute atomic E-state index is 0.0110. The Bertz CT molecular complexity index is 1220. The maximum absolute atomic E-state index is 13.2. The summed E-state index contributed by atoms with van der Waals surface area (Å²) in [5.74, 6) is -0.975.